The zero-order chi connectivity index (χ0) is 19.7. The maximum Gasteiger partial charge on any atom is 0.251 e. The zero-order valence-electron chi connectivity index (χ0n) is 16.9. The highest BCUT2D eigenvalue weighted by Crippen LogP contribution is 2.42. The molecule has 5 heteroatoms. The van der Waals surface area contributed by atoms with Gasteiger partial charge in [0.05, 0.1) is 0 Å². The Kier molecular flexibility index (Phi) is 5.72. The van der Waals surface area contributed by atoms with Gasteiger partial charge in [0.25, 0.3) is 5.91 Å². The Labute approximate surface area is 168 Å². The molecule has 152 valence electrons. The summed E-state index contributed by atoms with van der Waals surface area (Å²) >= 11 is 0. The first-order valence-corrected chi connectivity index (χ1v) is 10.9. The monoisotopic (exact) mass is 383 g/mol. The van der Waals surface area contributed by atoms with E-state index in [9.17, 15) is 9.59 Å². The Balaban J connectivity index is 1.29. The molecule has 1 aliphatic heterocycles. The summed E-state index contributed by atoms with van der Waals surface area (Å²) in [6.45, 7) is 3.45. The number of benzene rings is 1. The molecule has 1 aromatic rings. The average molecular weight is 384 g/mol. The number of carbonyl (C=O) groups excluding carboxylic acids is 2. The van der Waals surface area contributed by atoms with Crippen molar-refractivity contribution in [2.45, 2.75) is 64.0 Å². The van der Waals surface area contributed by atoms with Crippen LogP contribution in [-0.4, -0.2) is 41.9 Å². The highest BCUT2D eigenvalue weighted by Gasteiger charge is 2.42. The van der Waals surface area contributed by atoms with Crippen LogP contribution in [0.2, 0.25) is 0 Å². The molecule has 2 saturated carbocycles. The van der Waals surface area contributed by atoms with Gasteiger partial charge in [0.1, 0.15) is 0 Å². The molecule has 3 aliphatic rings. The van der Waals surface area contributed by atoms with Gasteiger partial charge in [-0.2, -0.15) is 0 Å². The second kappa shape index (κ2) is 8.24. The number of nitrogens with two attached hydrogens (primary N) is 1. The standard InChI is InChI=1S/C23H33N3O2/c1-15-5-2-3-8-20(15)22(27)25-19-9-11-26(12-10-19)23(28)18-13-16-6-4-7-17(14-18)21(16)24/h2-3,5,8,16-19,21H,4,6-7,9-14,24H2,1H3,(H,25,27). The molecule has 2 aliphatic carbocycles. The number of amides is 2. The minimum Gasteiger partial charge on any atom is -0.349 e. The van der Waals surface area contributed by atoms with Crippen LogP contribution in [0, 0.1) is 24.7 Å². The Morgan fingerprint density at radius 3 is 2.32 bits per heavy atom. The van der Waals surface area contributed by atoms with E-state index >= 15 is 0 Å². The van der Waals surface area contributed by atoms with Crippen LogP contribution in [0.25, 0.3) is 0 Å². The fraction of sp³-hybridized carbons (Fsp3) is 0.652. The molecule has 3 fully saturated rings. The van der Waals surface area contributed by atoms with E-state index < -0.39 is 0 Å². The van der Waals surface area contributed by atoms with Crippen molar-refractivity contribution in [1.82, 2.24) is 10.2 Å². The summed E-state index contributed by atoms with van der Waals surface area (Å²) in [5.74, 6) is 1.55. The third-order valence-corrected chi connectivity index (χ3v) is 7.29. The zero-order valence-corrected chi connectivity index (χ0v) is 16.9. The van der Waals surface area contributed by atoms with Gasteiger partial charge in [0.15, 0.2) is 0 Å². The molecule has 3 N–H and O–H groups in total. The molecule has 2 atom stereocenters. The second-order valence-electron chi connectivity index (χ2n) is 9.08. The van der Waals surface area contributed by atoms with Crippen molar-refractivity contribution >= 4 is 11.8 Å². The third-order valence-electron chi connectivity index (χ3n) is 7.29. The fourth-order valence-electron chi connectivity index (χ4n) is 5.58. The van der Waals surface area contributed by atoms with Crippen LogP contribution >= 0.6 is 0 Å². The van der Waals surface area contributed by atoms with Gasteiger partial charge in [-0.05, 0) is 68.9 Å². The number of rotatable bonds is 3. The van der Waals surface area contributed by atoms with Crippen LogP contribution in [0.3, 0.4) is 0 Å². The van der Waals surface area contributed by atoms with Crippen LogP contribution in [0.4, 0.5) is 0 Å². The number of nitrogens with zero attached hydrogens (tertiary/aromatic N) is 1. The SMILES string of the molecule is Cc1ccccc1C(=O)NC1CCN(C(=O)C2CC3CCCC(C2)C3N)CC1. The van der Waals surface area contributed by atoms with Gasteiger partial charge in [-0.1, -0.05) is 24.6 Å². The highest BCUT2D eigenvalue weighted by molar-refractivity contribution is 5.95. The normalized spacial score (nSPS) is 30.7. The molecule has 2 unspecified atom stereocenters. The van der Waals surface area contributed by atoms with Crippen molar-refractivity contribution in [2.75, 3.05) is 13.1 Å². The molecular formula is C23H33N3O2. The van der Waals surface area contributed by atoms with Crippen LogP contribution in [-0.2, 0) is 4.79 Å². The van der Waals surface area contributed by atoms with Crippen molar-refractivity contribution in [2.24, 2.45) is 23.5 Å². The molecular weight excluding hydrogens is 350 g/mol. The van der Waals surface area contributed by atoms with Crippen molar-refractivity contribution in [3.8, 4) is 0 Å². The minimum atomic E-state index is -0.00281. The van der Waals surface area contributed by atoms with E-state index in [0.29, 0.717) is 23.8 Å². The smallest absolute Gasteiger partial charge is 0.251 e. The second-order valence-corrected chi connectivity index (χ2v) is 9.08. The van der Waals surface area contributed by atoms with E-state index in [1.54, 1.807) is 0 Å². The van der Waals surface area contributed by atoms with Crippen molar-refractivity contribution in [3.63, 3.8) is 0 Å². The van der Waals surface area contributed by atoms with Gasteiger partial charge in [-0.3, -0.25) is 9.59 Å². The largest absolute Gasteiger partial charge is 0.349 e. The topological polar surface area (TPSA) is 75.4 Å². The first kappa shape index (κ1) is 19.4. The maximum atomic E-state index is 13.1. The molecule has 0 radical (unpaired) electrons. The van der Waals surface area contributed by atoms with Crippen LogP contribution < -0.4 is 11.1 Å². The average Bonchev–Trinajstić information content (AvgIpc) is 2.68. The number of piperidine rings is 1. The first-order chi connectivity index (χ1) is 13.5. The van der Waals surface area contributed by atoms with Gasteiger partial charge in [0, 0.05) is 36.7 Å². The van der Waals surface area contributed by atoms with Gasteiger partial charge >= 0.3 is 0 Å². The predicted molar refractivity (Wildman–Crippen MR) is 110 cm³/mol. The first-order valence-electron chi connectivity index (χ1n) is 10.9. The summed E-state index contributed by atoms with van der Waals surface area (Å²) in [5.41, 5.74) is 8.12. The molecule has 5 nitrogen and oxygen atoms in total. The Morgan fingerprint density at radius 1 is 1.04 bits per heavy atom. The van der Waals surface area contributed by atoms with E-state index in [-0.39, 0.29) is 17.9 Å². The van der Waals surface area contributed by atoms with Gasteiger partial charge in [-0.15, -0.1) is 0 Å². The lowest BCUT2D eigenvalue weighted by molar-refractivity contribution is -0.139. The molecule has 1 saturated heterocycles. The quantitative estimate of drug-likeness (QED) is 0.843. The number of carbonyl (C=O) groups is 2. The molecule has 0 spiro atoms. The van der Waals surface area contributed by atoms with Crippen molar-refractivity contribution in [1.29, 1.82) is 0 Å². The van der Waals surface area contributed by atoms with Gasteiger partial charge in [-0.25, -0.2) is 0 Å². The predicted octanol–water partition coefficient (Wildman–Crippen LogP) is 2.87. The number of hydrogen-bond donors (Lipinski definition) is 2. The fourth-order valence-corrected chi connectivity index (χ4v) is 5.58. The lowest BCUT2D eigenvalue weighted by atomic mass is 9.65. The van der Waals surface area contributed by atoms with Gasteiger partial charge in [0.2, 0.25) is 5.91 Å². The van der Waals surface area contributed by atoms with Crippen molar-refractivity contribution < 1.29 is 9.59 Å². The van der Waals surface area contributed by atoms with Crippen LogP contribution in [0.1, 0.15) is 60.9 Å². The summed E-state index contributed by atoms with van der Waals surface area (Å²) in [6.07, 6.45) is 7.27. The summed E-state index contributed by atoms with van der Waals surface area (Å²) in [7, 11) is 0. The number of aryl methyl sites for hydroxylation is 1. The molecule has 2 amide bonds. The van der Waals surface area contributed by atoms with E-state index in [2.05, 4.69) is 5.32 Å². The summed E-state index contributed by atoms with van der Waals surface area (Å²) in [4.78, 5) is 27.7. The van der Waals surface area contributed by atoms with Gasteiger partial charge < -0.3 is 16.0 Å². The molecule has 4 rings (SSSR count). The molecule has 28 heavy (non-hydrogen) atoms. The lowest BCUT2D eigenvalue weighted by Crippen LogP contribution is -2.52. The maximum absolute atomic E-state index is 13.1. The number of fused-ring (bicyclic) bond motifs is 2. The Bertz CT molecular complexity index is 712. The molecule has 1 aromatic carbocycles. The van der Waals surface area contributed by atoms with Crippen LogP contribution in [0.5, 0.6) is 0 Å². The lowest BCUT2D eigenvalue weighted by Gasteiger charge is -2.45. The summed E-state index contributed by atoms with van der Waals surface area (Å²) in [6, 6.07) is 8.13. The number of likely N-dealkylation sites (tertiary alicyclic amines) is 1. The van der Waals surface area contributed by atoms with E-state index in [1.807, 2.05) is 36.1 Å². The molecule has 2 bridgehead atoms. The van der Waals surface area contributed by atoms with E-state index in [1.165, 1.54) is 19.3 Å². The van der Waals surface area contributed by atoms with E-state index in [4.69, 9.17) is 5.73 Å². The summed E-state index contributed by atoms with van der Waals surface area (Å²) in [5, 5.41) is 3.16. The summed E-state index contributed by atoms with van der Waals surface area (Å²) < 4.78 is 0. The molecule has 1 heterocycles. The van der Waals surface area contributed by atoms with E-state index in [0.717, 1.165) is 49.9 Å². The minimum absolute atomic E-state index is 0.00281. The Hall–Kier alpha value is -1.88. The molecule has 0 aromatic heterocycles. The Morgan fingerprint density at radius 2 is 1.68 bits per heavy atom. The van der Waals surface area contributed by atoms with Crippen LogP contribution in [0.15, 0.2) is 24.3 Å². The number of hydrogen-bond acceptors (Lipinski definition) is 3. The van der Waals surface area contributed by atoms with Crippen molar-refractivity contribution in [3.05, 3.63) is 35.4 Å². The number of nitrogens with one attached hydrogen (secondary N) is 1. The third kappa shape index (κ3) is 3.95. The highest BCUT2D eigenvalue weighted by atomic mass is 16.2.